The van der Waals surface area contributed by atoms with Crippen LogP contribution in [0.5, 0.6) is 0 Å². The largest absolute Gasteiger partial charge is 0.462 e. The Balaban J connectivity index is 1.09. The predicted octanol–water partition coefficient (Wildman–Crippen LogP) is 2.34. The first-order valence-electron chi connectivity index (χ1n) is 11.6. The Morgan fingerprint density at radius 3 is 2.57 bits per heavy atom. The first-order chi connectivity index (χ1) is 17.7. The van der Waals surface area contributed by atoms with Gasteiger partial charge in [0.1, 0.15) is 5.52 Å². The number of carbonyl (C=O) groups excluding carboxylic acids is 1. The quantitative estimate of drug-likeness (QED) is 0.258. The van der Waals surface area contributed by atoms with Gasteiger partial charge in [0.05, 0.1) is 17.7 Å². The third-order valence-corrected chi connectivity index (χ3v) is 8.00. The number of furan rings is 1. The molecular weight excluding hydrogens is 516 g/mol. The summed E-state index contributed by atoms with van der Waals surface area (Å²) < 4.78 is 28.1. The second-order valence-electron chi connectivity index (χ2n) is 8.80. The van der Waals surface area contributed by atoms with Gasteiger partial charge in [-0.1, -0.05) is 11.3 Å². The Hall–Kier alpha value is -3.59. The number of piperidine rings is 1. The van der Waals surface area contributed by atoms with E-state index in [9.17, 15) is 13.2 Å². The van der Waals surface area contributed by atoms with Crippen LogP contribution in [-0.2, 0) is 14.8 Å². The number of hydrogen-bond donors (Lipinski definition) is 4. The molecule has 14 heteroatoms. The number of nitrogen functional groups attached to an aromatic ring is 1. The van der Waals surface area contributed by atoms with E-state index in [2.05, 4.69) is 30.5 Å². The predicted molar refractivity (Wildman–Crippen MR) is 141 cm³/mol. The average molecular weight is 543 g/mol. The summed E-state index contributed by atoms with van der Waals surface area (Å²) >= 11 is 1.40. The molecule has 0 saturated carbocycles. The number of amides is 1. The maximum atomic E-state index is 12.4. The molecule has 1 fully saturated rings. The molecule has 0 atom stereocenters. The standard InChI is InChI=1S/C23H26N8O4S2/c24-20-19-22(36-21(28-19)17-2-1-11-35-17)30-23(29-20)26-12-14-7-9-31(10-8-14)13-18(32)27-15-3-5-16(6-4-15)37(25,33)34/h1-6,11,14H,7-10,12-13H2,(H,27,32)(H2,25,33,34)(H3,24,26,29,30). The molecule has 1 aliphatic heterocycles. The number of aromatic nitrogens is 3. The highest BCUT2D eigenvalue weighted by Crippen LogP contribution is 2.32. The van der Waals surface area contributed by atoms with Crippen LogP contribution in [0.15, 0.2) is 52.0 Å². The monoisotopic (exact) mass is 542 g/mol. The van der Waals surface area contributed by atoms with E-state index >= 15 is 0 Å². The SMILES string of the molecule is Nc1nc(NCC2CCN(CC(=O)Nc3ccc(S(N)(=O)=O)cc3)CC2)nc2sc(-c3ccco3)nc12. The van der Waals surface area contributed by atoms with Crippen molar-refractivity contribution in [1.29, 1.82) is 0 Å². The van der Waals surface area contributed by atoms with Crippen molar-refractivity contribution >= 4 is 55.1 Å². The van der Waals surface area contributed by atoms with Crippen LogP contribution < -0.4 is 21.5 Å². The van der Waals surface area contributed by atoms with Gasteiger partial charge in [-0.05, 0) is 68.2 Å². The maximum absolute atomic E-state index is 12.4. The summed E-state index contributed by atoms with van der Waals surface area (Å²) in [6.45, 7) is 2.53. The molecule has 0 spiro atoms. The molecule has 1 aromatic carbocycles. The first-order valence-corrected chi connectivity index (χ1v) is 14.0. The number of thiazole rings is 1. The van der Waals surface area contributed by atoms with Gasteiger partial charge in [0.25, 0.3) is 0 Å². The van der Waals surface area contributed by atoms with Gasteiger partial charge in [0, 0.05) is 12.2 Å². The fourth-order valence-corrected chi connectivity index (χ4v) is 5.57. The van der Waals surface area contributed by atoms with Crippen molar-refractivity contribution < 1.29 is 17.6 Å². The summed E-state index contributed by atoms with van der Waals surface area (Å²) in [6.07, 6.45) is 3.44. The number of sulfonamides is 1. The summed E-state index contributed by atoms with van der Waals surface area (Å²) in [5.41, 5.74) is 7.21. The lowest BCUT2D eigenvalue weighted by Crippen LogP contribution is -2.40. The summed E-state index contributed by atoms with van der Waals surface area (Å²) in [7, 11) is -3.76. The third-order valence-electron chi connectivity index (χ3n) is 6.11. The number of anilines is 3. The van der Waals surface area contributed by atoms with Crippen LogP contribution in [0.1, 0.15) is 12.8 Å². The van der Waals surface area contributed by atoms with Crippen LogP contribution in [0.4, 0.5) is 17.5 Å². The smallest absolute Gasteiger partial charge is 0.238 e. The minimum absolute atomic E-state index is 0.000119. The van der Waals surface area contributed by atoms with Crippen molar-refractivity contribution in [2.24, 2.45) is 11.1 Å². The molecule has 1 aliphatic rings. The number of nitrogens with two attached hydrogens (primary N) is 2. The van der Waals surface area contributed by atoms with Gasteiger partial charge >= 0.3 is 0 Å². The van der Waals surface area contributed by atoms with Crippen molar-refractivity contribution in [2.45, 2.75) is 17.7 Å². The molecule has 0 unspecified atom stereocenters. The van der Waals surface area contributed by atoms with E-state index in [0.29, 0.717) is 51.0 Å². The number of nitrogens with zero attached hydrogens (tertiary/aromatic N) is 4. The van der Waals surface area contributed by atoms with Gasteiger partial charge in [-0.2, -0.15) is 4.98 Å². The van der Waals surface area contributed by atoms with Crippen molar-refractivity contribution in [3.8, 4) is 10.8 Å². The van der Waals surface area contributed by atoms with Gasteiger partial charge in [-0.25, -0.2) is 23.5 Å². The van der Waals surface area contributed by atoms with Crippen LogP contribution >= 0.6 is 11.3 Å². The molecule has 0 aliphatic carbocycles. The fourth-order valence-electron chi connectivity index (χ4n) is 4.14. The molecule has 6 N–H and O–H groups in total. The minimum Gasteiger partial charge on any atom is -0.462 e. The molecule has 0 bridgehead atoms. The van der Waals surface area contributed by atoms with Gasteiger partial charge in [-0.3, -0.25) is 9.69 Å². The number of nitrogens with one attached hydrogen (secondary N) is 2. The molecule has 0 radical (unpaired) electrons. The fraction of sp³-hybridized carbons (Fsp3) is 0.304. The number of hydrogen-bond acceptors (Lipinski definition) is 11. The molecule has 4 aromatic rings. The third kappa shape index (κ3) is 6.05. The van der Waals surface area contributed by atoms with E-state index in [4.69, 9.17) is 15.3 Å². The molecule has 1 saturated heterocycles. The lowest BCUT2D eigenvalue weighted by molar-refractivity contribution is -0.117. The summed E-state index contributed by atoms with van der Waals surface area (Å²) in [5, 5.41) is 11.9. The Labute approximate surface area is 217 Å². The van der Waals surface area contributed by atoms with E-state index in [-0.39, 0.29) is 17.3 Å². The van der Waals surface area contributed by atoms with E-state index < -0.39 is 10.0 Å². The highest BCUT2D eigenvalue weighted by atomic mass is 32.2. The second-order valence-corrected chi connectivity index (χ2v) is 11.3. The van der Waals surface area contributed by atoms with Crippen molar-refractivity contribution in [3.63, 3.8) is 0 Å². The summed E-state index contributed by atoms with van der Waals surface area (Å²) in [4.78, 5) is 28.6. The number of carbonyl (C=O) groups is 1. The number of likely N-dealkylation sites (tertiary alicyclic amines) is 1. The Bertz CT molecular complexity index is 1500. The number of rotatable bonds is 8. The van der Waals surface area contributed by atoms with Crippen molar-refractivity contribution in [2.75, 3.05) is 42.5 Å². The lowest BCUT2D eigenvalue weighted by Gasteiger charge is -2.31. The van der Waals surface area contributed by atoms with Crippen LogP contribution in [0.3, 0.4) is 0 Å². The van der Waals surface area contributed by atoms with Gasteiger partial charge in [0.2, 0.25) is 21.9 Å². The molecular formula is C23H26N8O4S2. The Morgan fingerprint density at radius 1 is 1.14 bits per heavy atom. The van der Waals surface area contributed by atoms with E-state index in [1.807, 2.05) is 6.07 Å². The number of primary sulfonamides is 1. The van der Waals surface area contributed by atoms with Gasteiger partial charge in [0.15, 0.2) is 21.4 Å². The lowest BCUT2D eigenvalue weighted by atomic mass is 9.97. The Kier molecular flexibility index (Phi) is 7.06. The molecule has 194 valence electrons. The molecule has 37 heavy (non-hydrogen) atoms. The van der Waals surface area contributed by atoms with Crippen LogP contribution in [0.2, 0.25) is 0 Å². The number of fused-ring (bicyclic) bond motifs is 1. The average Bonchev–Trinajstić information content (AvgIpc) is 3.54. The molecule has 5 rings (SSSR count). The van der Waals surface area contributed by atoms with Gasteiger partial charge in [-0.15, -0.1) is 0 Å². The Morgan fingerprint density at radius 2 is 1.89 bits per heavy atom. The normalized spacial score (nSPS) is 15.2. The zero-order chi connectivity index (χ0) is 26.0. The molecule has 4 heterocycles. The summed E-state index contributed by atoms with van der Waals surface area (Å²) in [5.74, 6) is 1.70. The number of benzene rings is 1. The zero-order valence-corrected chi connectivity index (χ0v) is 21.4. The van der Waals surface area contributed by atoms with Crippen molar-refractivity contribution in [3.05, 3.63) is 42.7 Å². The zero-order valence-electron chi connectivity index (χ0n) is 19.8. The second kappa shape index (κ2) is 10.4. The van der Waals surface area contributed by atoms with Crippen LogP contribution in [0.25, 0.3) is 21.1 Å². The summed E-state index contributed by atoms with van der Waals surface area (Å²) in [6, 6.07) is 9.41. The topological polar surface area (TPSA) is 182 Å². The van der Waals surface area contributed by atoms with Crippen LogP contribution in [0, 0.1) is 5.92 Å². The first kappa shape index (κ1) is 25.1. The highest BCUT2D eigenvalue weighted by Gasteiger charge is 2.22. The van der Waals surface area contributed by atoms with E-state index in [1.165, 1.54) is 35.6 Å². The van der Waals surface area contributed by atoms with Crippen LogP contribution in [-0.4, -0.2) is 60.4 Å². The van der Waals surface area contributed by atoms with E-state index in [1.54, 1.807) is 12.3 Å². The van der Waals surface area contributed by atoms with Gasteiger partial charge < -0.3 is 20.8 Å². The molecule has 12 nitrogen and oxygen atoms in total. The maximum Gasteiger partial charge on any atom is 0.238 e. The van der Waals surface area contributed by atoms with E-state index in [0.717, 1.165) is 25.9 Å². The molecule has 3 aromatic heterocycles. The molecule has 1 amide bonds. The minimum atomic E-state index is -3.76. The van der Waals surface area contributed by atoms with Crippen molar-refractivity contribution in [1.82, 2.24) is 19.9 Å². The highest BCUT2D eigenvalue weighted by molar-refractivity contribution is 7.89.